The van der Waals surface area contributed by atoms with Crippen molar-refractivity contribution in [2.75, 3.05) is 6.61 Å². The van der Waals surface area contributed by atoms with E-state index in [4.69, 9.17) is 9.47 Å². The summed E-state index contributed by atoms with van der Waals surface area (Å²) in [7, 11) is 0. The molecule has 0 amide bonds. The summed E-state index contributed by atoms with van der Waals surface area (Å²) in [6.07, 6.45) is 4.12. The molecule has 0 saturated carbocycles. The zero-order valence-electron chi connectivity index (χ0n) is 8.88. The van der Waals surface area contributed by atoms with Crippen LogP contribution in [-0.2, 0) is 0 Å². The second-order valence-corrected chi connectivity index (χ2v) is 3.53. The van der Waals surface area contributed by atoms with Crippen molar-refractivity contribution in [3.05, 3.63) is 24.8 Å². The first-order valence-corrected chi connectivity index (χ1v) is 5.23. The summed E-state index contributed by atoms with van der Waals surface area (Å²) < 4.78 is 12.6. The van der Waals surface area contributed by atoms with E-state index in [9.17, 15) is 0 Å². The van der Waals surface area contributed by atoms with E-state index in [-0.39, 0.29) is 0 Å². The largest absolute Gasteiger partial charge is 0.490 e. The van der Waals surface area contributed by atoms with Gasteiger partial charge in [0.05, 0.1) is 6.61 Å². The van der Waals surface area contributed by atoms with Crippen LogP contribution in [0.5, 0.6) is 17.2 Å². The number of aromatic nitrogens is 3. The predicted octanol–water partition coefficient (Wildman–Crippen LogP) is 2.16. The molecule has 1 aromatic carbocycles. The molecule has 82 valence electrons. The van der Waals surface area contributed by atoms with Crippen molar-refractivity contribution < 1.29 is 9.47 Å². The molecule has 5 nitrogen and oxygen atoms in total. The molecular weight excluding hydrogens is 206 g/mol. The van der Waals surface area contributed by atoms with Gasteiger partial charge in [-0.3, -0.25) is 0 Å². The van der Waals surface area contributed by atoms with Crippen molar-refractivity contribution in [3.63, 3.8) is 0 Å². The van der Waals surface area contributed by atoms with Crippen molar-refractivity contribution in [3.8, 4) is 22.9 Å². The van der Waals surface area contributed by atoms with Gasteiger partial charge in [-0.2, -0.15) is 5.10 Å². The number of hydrogen-bond donors (Lipinski definition) is 0. The number of fused-ring (bicyclic) bond motifs is 1. The minimum atomic E-state index is 0.707. The summed E-state index contributed by atoms with van der Waals surface area (Å²) in [4.78, 5) is 3.90. The van der Waals surface area contributed by atoms with Gasteiger partial charge in [0.2, 0.25) is 5.75 Å². The van der Waals surface area contributed by atoms with Crippen LogP contribution in [0.4, 0.5) is 0 Å². The first-order valence-electron chi connectivity index (χ1n) is 5.23. The van der Waals surface area contributed by atoms with Crippen LogP contribution in [0.2, 0.25) is 0 Å². The molecule has 3 rings (SSSR count). The molecule has 0 saturated heterocycles. The van der Waals surface area contributed by atoms with Gasteiger partial charge in [0.1, 0.15) is 18.3 Å². The van der Waals surface area contributed by atoms with Gasteiger partial charge in [-0.05, 0) is 18.6 Å². The molecule has 5 heteroatoms. The number of nitrogens with zero attached hydrogens (tertiary/aromatic N) is 3. The summed E-state index contributed by atoms with van der Waals surface area (Å²) >= 11 is 0. The second kappa shape index (κ2) is 3.52. The maximum absolute atomic E-state index is 5.54. The van der Waals surface area contributed by atoms with Gasteiger partial charge in [-0.1, -0.05) is 6.92 Å². The van der Waals surface area contributed by atoms with Crippen molar-refractivity contribution >= 4 is 0 Å². The van der Waals surface area contributed by atoms with Crippen molar-refractivity contribution in [1.29, 1.82) is 0 Å². The molecule has 0 unspecified atom stereocenters. The Labute approximate surface area is 92.6 Å². The average molecular weight is 217 g/mol. The Kier molecular flexibility index (Phi) is 2.02. The highest BCUT2D eigenvalue weighted by atomic mass is 16.6. The highest BCUT2D eigenvalue weighted by Gasteiger charge is 2.31. The van der Waals surface area contributed by atoms with Crippen molar-refractivity contribution in [2.45, 2.75) is 13.3 Å². The molecular formula is C11H11N3O2. The second-order valence-electron chi connectivity index (χ2n) is 3.53. The Balaban J connectivity index is 1.90. The molecule has 1 aliphatic rings. The topological polar surface area (TPSA) is 52.5 Å². The Hall–Kier alpha value is -2.04. The van der Waals surface area contributed by atoms with E-state index >= 15 is 0 Å². The first kappa shape index (κ1) is 9.21. The van der Waals surface area contributed by atoms with Crippen molar-refractivity contribution in [1.82, 2.24) is 14.8 Å². The van der Waals surface area contributed by atoms with Crippen LogP contribution in [-0.4, -0.2) is 21.4 Å². The minimum Gasteiger partial charge on any atom is -0.490 e. The highest BCUT2D eigenvalue weighted by Crippen LogP contribution is 2.56. The van der Waals surface area contributed by atoms with E-state index in [0.717, 1.165) is 29.4 Å². The zero-order valence-corrected chi connectivity index (χ0v) is 8.88. The van der Waals surface area contributed by atoms with E-state index in [1.54, 1.807) is 11.0 Å². The number of hydrogen-bond acceptors (Lipinski definition) is 4. The SMILES string of the molecule is CCCOc1ccc(-n2cncn2)c2c1O2. The molecule has 0 atom stereocenters. The van der Waals surface area contributed by atoms with Gasteiger partial charge < -0.3 is 9.47 Å². The lowest BCUT2D eigenvalue weighted by Crippen LogP contribution is -1.94. The summed E-state index contributed by atoms with van der Waals surface area (Å²) in [5.41, 5.74) is 0.899. The Morgan fingerprint density at radius 1 is 1.38 bits per heavy atom. The minimum absolute atomic E-state index is 0.707. The number of rotatable bonds is 4. The smallest absolute Gasteiger partial charge is 0.214 e. The lowest BCUT2D eigenvalue weighted by molar-refractivity contribution is 0.314. The maximum atomic E-state index is 5.54. The van der Waals surface area contributed by atoms with Gasteiger partial charge in [-0.25, -0.2) is 9.67 Å². The van der Waals surface area contributed by atoms with E-state index in [1.807, 2.05) is 12.1 Å². The third kappa shape index (κ3) is 1.41. The lowest BCUT2D eigenvalue weighted by Gasteiger charge is -2.01. The van der Waals surface area contributed by atoms with Gasteiger partial charge in [0.25, 0.3) is 0 Å². The number of ether oxygens (including phenoxy) is 2. The normalized spacial score (nSPS) is 11.8. The highest BCUT2D eigenvalue weighted by molar-refractivity contribution is 5.72. The van der Waals surface area contributed by atoms with Gasteiger partial charge >= 0.3 is 0 Å². The predicted molar refractivity (Wildman–Crippen MR) is 57.2 cm³/mol. The summed E-state index contributed by atoms with van der Waals surface area (Å²) in [6, 6.07) is 3.82. The molecule has 1 aromatic heterocycles. The van der Waals surface area contributed by atoms with E-state index in [1.165, 1.54) is 6.33 Å². The average Bonchev–Trinajstić information content (AvgIpc) is 2.93. The summed E-state index contributed by atoms with van der Waals surface area (Å²) in [5.74, 6) is 2.46. The fourth-order valence-corrected chi connectivity index (χ4v) is 1.55. The molecule has 0 bridgehead atoms. The zero-order chi connectivity index (χ0) is 11.0. The summed E-state index contributed by atoms with van der Waals surface area (Å²) in [5, 5.41) is 4.06. The molecule has 2 heterocycles. The molecule has 0 N–H and O–H groups in total. The van der Waals surface area contributed by atoms with Crippen LogP contribution in [0.1, 0.15) is 13.3 Å². The Morgan fingerprint density at radius 3 is 3.06 bits per heavy atom. The van der Waals surface area contributed by atoms with Gasteiger partial charge in [0.15, 0.2) is 11.5 Å². The van der Waals surface area contributed by atoms with Gasteiger partial charge in [-0.15, -0.1) is 0 Å². The fourth-order valence-electron chi connectivity index (χ4n) is 1.55. The maximum Gasteiger partial charge on any atom is 0.214 e. The molecule has 2 aromatic rings. The van der Waals surface area contributed by atoms with Crippen LogP contribution < -0.4 is 9.47 Å². The third-order valence-electron chi connectivity index (χ3n) is 2.34. The molecule has 0 fully saturated rings. The van der Waals surface area contributed by atoms with Gasteiger partial charge in [0, 0.05) is 0 Å². The molecule has 16 heavy (non-hydrogen) atoms. The Bertz CT molecular complexity index is 508. The van der Waals surface area contributed by atoms with Crippen molar-refractivity contribution in [2.24, 2.45) is 0 Å². The first-order chi connectivity index (χ1) is 7.90. The Morgan fingerprint density at radius 2 is 2.31 bits per heavy atom. The third-order valence-corrected chi connectivity index (χ3v) is 2.34. The van der Waals surface area contributed by atoms with Crippen LogP contribution in [0.15, 0.2) is 24.8 Å². The summed E-state index contributed by atoms with van der Waals surface area (Å²) in [6.45, 7) is 2.78. The van der Waals surface area contributed by atoms with E-state index < -0.39 is 0 Å². The lowest BCUT2D eigenvalue weighted by atomic mass is 10.3. The molecule has 1 aliphatic heterocycles. The van der Waals surface area contributed by atoms with Crippen LogP contribution in [0.25, 0.3) is 5.69 Å². The molecule has 0 radical (unpaired) electrons. The van der Waals surface area contributed by atoms with E-state index in [0.29, 0.717) is 6.61 Å². The fraction of sp³-hybridized carbons (Fsp3) is 0.273. The van der Waals surface area contributed by atoms with Crippen LogP contribution in [0, 0.1) is 0 Å². The van der Waals surface area contributed by atoms with E-state index in [2.05, 4.69) is 17.0 Å². The quantitative estimate of drug-likeness (QED) is 0.628. The van der Waals surface area contributed by atoms with Crippen LogP contribution in [0.3, 0.4) is 0 Å². The molecule has 0 spiro atoms. The number of benzene rings is 1. The molecule has 0 aliphatic carbocycles. The monoisotopic (exact) mass is 217 g/mol. The standard InChI is InChI=1S/C11H11N3O2/c1-2-5-15-9-4-3-8(10-11(9)16-10)14-7-12-6-13-14/h3-4,6-7H,2,5H2,1H3. The van der Waals surface area contributed by atoms with Crippen LogP contribution >= 0.6 is 0 Å².